The van der Waals surface area contributed by atoms with E-state index in [9.17, 15) is 0 Å². The van der Waals surface area contributed by atoms with Gasteiger partial charge in [0.1, 0.15) is 0 Å². The molecule has 6 nitrogen and oxygen atoms in total. The summed E-state index contributed by atoms with van der Waals surface area (Å²) in [6.07, 6.45) is 1.56. The van der Waals surface area contributed by atoms with E-state index in [4.69, 9.17) is 4.74 Å². The second-order valence-electron chi connectivity index (χ2n) is 6.13. The minimum Gasteiger partial charge on any atom is -0.448 e. The van der Waals surface area contributed by atoms with Crippen LogP contribution < -0.4 is 15.0 Å². The third kappa shape index (κ3) is 3.06. The molecule has 7 heteroatoms. The second kappa shape index (κ2) is 6.84. The predicted molar refractivity (Wildman–Crippen MR) is 105 cm³/mol. The fraction of sp³-hybridized carbons (Fsp3) is 0.211. The first kappa shape index (κ1) is 16.7. The Balaban J connectivity index is 1.79. The van der Waals surface area contributed by atoms with E-state index in [2.05, 4.69) is 49.7 Å². The van der Waals surface area contributed by atoms with Crippen LogP contribution in [0.15, 0.2) is 53.7 Å². The zero-order valence-electron chi connectivity index (χ0n) is 14.8. The first-order valence-electron chi connectivity index (χ1n) is 8.24. The smallest absolute Gasteiger partial charge is 0.247 e. The molecule has 26 heavy (non-hydrogen) atoms. The first-order valence-corrected chi connectivity index (χ1v) is 9.47. The van der Waals surface area contributed by atoms with Crippen LogP contribution in [0.25, 0.3) is 11.3 Å². The molecule has 4 rings (SSSR count). The third-order valence-corrected chi connectivity index (χ3v) is 4.77. The van der Waals surface area contributed by atoms with E-state index >= 15 is 0 Å². The Kier molecular flexibility index (Phi) is 4.38. The van der Waals surface area contributed by atoms with E-state index in [0.717, 1.165) is 22.5 Å². The van der Waals surface area contributed by atoms with Gasteiger partial charge in [0.05, 0.1) is 0 Å². The molecule has 1 aliphatic heterocycles. The van der Waals surface area contributed by atoms with Crippen LogP contribution in [-0.4, -0.2) is 35.5 Å². The maximum atomic E-state index is 6.22. The fourth-order valence-corrected chi connectivity index (χ4v) is 3.13. The van der Waals surface area contributed by atoms with Crippen LogP contribution in [0.2, 0.25) is 0 Å². The van der Waals surface area contributed by atoms with E-state index < -0.39 is 0 Å². The van der Waals surface area contributed by atoms with Crippen LogP contribution in [0.4, 0.5) is 11.4 Å². The molecule has 132 valence electrons. The highest BCUT2D eigenvalue weighted by atomic mass is 32.2. The van der Waals surface area contributed by atoms with Gasteiger partial charge in [-0.1, -0.05) is 42.1 Å². The SMILES string of the molecule is CSc1nnc2c(n1)OC(c1ccc(N(C)C)cc1)Nc1ccccc1-2. The van der Waals surface area contributed by atoms with E-state index in [1.165, 1.54) is 11.8 Å². The number of benzene rings is 2. The number of anilines is 2. The van der Waals surface area contributed by atoms with Gasteiger partial charge in [-0.2, -0.15) is 4.98 Å². The van der Waals surface area contributed by atoms with Crippen molar-refractivity contribution in [2.24, 2.45) is 0 Å². The van der Waals surface area contributed by atoms with Crippen LogP contribution >= 0.6 is 11.8 Å². The van der Waals surface area contributed by atoms with Gasteiger partial charge >= 0.3 is 0 Å². The van der Waals surface area contributed by atoms with Crippen LogP contribution in [0, 0.1) is 0 Å². The molecule has 0 saturated heterocycles. The molecule has 3 aromatic rings. The largest absolute Gasteiger partial charge is 0.448 e. The monoisotopic (exact) mass is 365 g/mol. The lowest BCUT2D eigenvalue weighted by atomic mass is 10.1. The van der Waals surface area contributed by atoms with Crippen LogP contribution in [0.1, 0.15) is 11.8 Å². The molecule has 0 bridgehead atoms. The molecule has 0 aliphatic carbocycles. The summed E-state index contributed by atoms with van der Waals surface area (Å²) in [6, 6.07) is 16.2. The Bertz CT molecular complexity index is 929. The highest BCUT2D eigenvalue weighted by Gasteiger charge is 2.25. The van der Waals surface area contributed by atoms with Gasteiger partial charge in [-0.05, 0) is 24.5 Å². The number of fused-ring (bicyclic) bond motifs is 3. The zero-order valence-corrected chi connectivity index (χ0v) is 15.6. The van der Waals surface area contributed by atoms with Gasteiger partial charge in [-0.15, -0.1) is 10.2 Å². The highest BCUT2D eigenvalue weighted by molar-refractivity contribution is 7.98. The number of nitrogens with one attached hydrogen (secondary N) is 1. The lowest BCUT2D eigenvalue weighted by Crippen LogP contribution is -2.17. The molecule has 1 atom stereocenters. The molecule has 0 amide bonds. The highest BCUT2D eigenvalue weighted by Crippen LogP contribution is 2.39. The quantitative estimate of drug-likeness (QED) is 0.708. The second-order valence-corrected chi connectivity index (χ2v) is 6.90. The standard InChI is InChI=1S/C19H19N5OS/c1-24(2)13-10-8-12(9-11-13)17-20-15-7-5-4-6-14(15)16-18(25-17)21-19(26-3)23-22-16/h4-11,17,20H,1-3H3. The Morgan fingerprint density at radius 2 is 1.81 bits per heavy atom. The summed E-state index contributed by atoms with van der Waals surface area (Å²) in [5, 5.41) is 12.6. The molecule has 0 spiro atoms. The minimum atomic E-state index is -0.361. The zero-order chi connectivity index (χ0) is 18.1. The Morgan fingerprint density at radius 1 is 1.04 bits per heavy atom. The Hall–Kier alpha value is -2.80. The van der Waals surface area contributed by atoms with Gasteiger partial charge < -0.3 is 15.0 Å². The third-order valence-electron chi connectivity index (χ3n) is 4.23. The Labute approximate surface area is 156 Å². The number of ether oxygens (including phenoxy) is 1. The number of aromatic nitrogens is 3. The van der Waals surface area contributed by atoms with Crippen LogP contribution in [0.3, 0.4) is 0 Å². The molecule has 2 heterocycles. The summed E-state index contributed by atoms with van der Waals surface area (Å²) in [5.41, 5.74) is 4.68. The Morgan fingerprint density at radius 3 is 2.54 bits per heavy atom. The van der Waals surface area contributed by atoms with Gasteiger partial charge in [0.25, 0.3) is 0 Å². The normalized spacial score (nSPS) is 15.1. The molecule has 0 radical (unpaired) electrons. The number of hydrogen-bond acceptors (Lipinski definition) is 7. The average molecular weight is 365 g/mol. The van der Waals surface area contributed by atoms with Crippen LogP contribution in [0.5, 0.6) is 5.88 Å². The van der Waals surface area contributed by atoms with Gasteiger partial charge in [-0.25, -0.2) is 0 Å². The number of nitrogens with zero attached hydrogens (tertiary/aromatic N) is 4. The molecular weight excluding hydrogens is 346 g/mol. The van der Waals surface area contributed by atoms with Gasteiger partial charge in [0.2, 0.25) is 11.0 Å². The van der Waals surface area contributed by atoms with E-state index in [1.54, 1.807) is 0 Å². The molecule has 1 N–H and O–H groups in total. The number of para-hydroxylation sites is 1. The fourth-order valence-electron chi connectivity index (χ4n) is 2.83. The topological polar surface area (TPSA) is 63.2 Å². The van der Waals surface area contributed by atoms with Crippen molar-refractivity contribution in [1.29, 1.82) is 0 Å². The summed E-state index contributed by atoms with van der Waals surface area (Å²) < 4.78 is 6.22. The minimum absolute atomic E-state index is 0.361. The predicted octanol–water partition coefficient (Wildman–Crippen LogP) is 3.83. The molecular formula is C19H19N5OS. The van der Waals surface area contributed by atoms with Gasteiger partial charge in [-0.3, -0.25) is 0 Å². The van der Waals surface area contributed by atoms with Crippen molar-refractivity contribution in [1.82, 2.24) is 15.2 Å². The number of thioether (sulfide) groups is 1. The van der Waals surface area contributed by atoms with Crippen molar-refractivity contribution in [3.8, 4) is 17.1 Å². The average Bonchev–Trinajstić information content (AvgIpc) is 2.84. The lowest BCUT2D eigenvalue weighted by Gasteiger charge is -2.20. The summed E-state index contributed by atoms with van der Waals surface area (Å²) in [4.78, 5) is 6.60. The van der Waals surface area contributed by atoms with Crippen molar-refractivity contribution >= 4 is 23.1 Å². The van der Waals surface area contributed by atoms with Crippen molar-refractivity contribution < 1.29 is 4.74 Å². The summed E-state index contributed by atoms with van der Waals surface area (Å²) in [7, 11) is 4.04. The molecule has 1 unspecified atom stereocenters. The molecule has 0 fully saturated rings. The molecule has 1 aromatic heterocycles. The van der Waals surface area contributed by atoms with E-state index in [-0.39, 0.29) is 6.23 Å². The lowest BCUT2D eigenvalue weighted by molar-refractivity contribution is 0.225. The summed E-state index contributed by atoms with van der Waals surface area (Å²) >= 11 is 1.44. The number of hydrogen-bond donors (Lipinski definition) is 1. The maximum Gasteiger partial charge on any atom is 0.247 e. The summed E-state index contributed by atoms with van der Waals surface area (Å²) in [6.45, 7) is 0. The number of rotatable bonds is 3. The summed E-state index contributed by atoms with van der Waals surface area (Å²) in [5.74, 6) is 0.489. The molecule has 0 saturated carbocycles. The maximum absolute atomic E-state index is 6.22. The van der Waals surface area contributed by atoms with Crippen molar-refractivity contribution in [2.45, 2.75) is 11.4 Å². The van der Waals surface area contributed by atoms with Crippen molar-refractivity contribution in [3.63, 3.8) is 0 Å². The van der Waals surface area contributed by atoms with Crippen LogP contribution in [-0.2, 0) is 0 Å². The van der Waals surface area contributed by atoms with Gasteiger partial charge in [0.15, 0.2) is 11.9 Å². The van der Waals surface area contributed by atoms with Crippen molar-refractivity contribution in [2.75, 3.05) is 30.6 Å². The van der Waals surface area contributed by atoms with Gasteiger partial charge in [0, 0.05) is 36.6 Å². The molecule has 2 aromatic carbocycles. The van der Waals surface area contributed by atoms with E-state index in [0.29, 0.717) is 16.7 Å². The molecule has 1 aliphatic rings. The first-order chi connectivity index (χ1) is 12.7. The van der Waals surface area contributed by atoms with E-state index in [1.807, 2.05) is 44.6 Å². The van der Waals surface area contributed by atoms with Crippen molar-refractivity contribution in [3.05, 3.63) is 54.1 Å².